The molecule has 1 aliphatic rings. The Morgan fingerprint density at radius 1 is 1.02 bits per heavy atom. The second kappa shape index (κ2) is 13.2. The molecule has 0 aliphatic heterocycles. The van der Waals surface area contributed by atoms with E-state index in [9.17, 15) is 18.0 Å². The molecular weight excluding hydrogens is 614 g/mol. The standard InChI is InChI=1S/C30H33BrClN3O4S/c1-21-10-14-27(15-11-21)35(40(38,39)28-16-12-25(32)13-17-28)20-29(36)34(19-23-6-5-7-24(31)18-23)22(2)30(37)33-26-8-3-4-9-26/h5-7,10-18,22,26H,3-4,8-9,19-20H2,1-2H3,(H,33,37)/t22-/m0/s1. The number of aryl methyl sites for hydroxylation is 1. The Morgan fingerprint density at radius 2 is 1.68 bits per heavy atom. The number of hydrogen-bond acceptors (Lipinski definition) is 4. The second-order valence-electron chi connectivity index (χ2n) is 10.1. The van der Waals surface area contributed by atoms with Crippen LogP contribution in [0.3, 0.4) is 0 Å². The van der Waals surface area contributed by atoms with Gasteiger partial charge in [-0.2, -0.15) is 0 Å². The Bertz CT molecular complexity index is 1440. The number of nitrogens with one attached hydrogen (secondary N) is 1. The van der Waals surface area contributed by atoms with Crippen LogP contribution in [0.4, 0.5) is 5.69 Å². The van der Waals surface area contributed by atoms with Gasteiger partial charge in [0, 0.05) is 22.1 Å². The van der Waals surface area contributed by atoms with Gasteiger partial charge in [-0.05, 0) is 80.8 Å². The predicted molar refractivity (Wildman–Crippen MR) is 162 cm³/mol. The van der Waals surface area contributed by atoms with E-state index in [1.807, 2.05) is 31.2 Å². The van der Waals surface area contributed by atoms with E-state index in [4.69, 9.17) is 11.6 Å². The van der Waals surface area contributed by atoms with E-state index in [1.54, 1.807) is 31.2 Å². The molecule has 0 saturated heterocycles. The normalized spacial score (nSPS) is 14.5. The minimum atomic E-state index is -4.14. The molecule has 212 valence electrons. The summed E-state index contributed by atoms with van der Waals surface area (Å²) in [7, 11) is -4.14. The summed E-state index contributed by atoms with van der Waals surface area (Å²) in [5, 5.41) is 3.48. The molecule has 0 heterocycles. The third kappa shape index (κ3) is 7.44. The highest BCUT2D eigenvalue weighted by Crippen LogP contribution is 2.26. The fourth-order valence-corrected chi connectivity index (χ4v) is 6.77. The fourth-order valence-electron chi connectivity index (χ4n) is 4.78. The van der Waals surface area contributed by atoms with Gasteiger partial charge in [0.15, 0.2) is 0 Å². The van der Waals surface area contributed by atoms with Crippen molar-refractivity contribution in [2.24, 2.45) is 0 Å². The summed E-state index contributed by atoms with van der Waals surface area (Å²) in [4.78, 5) is 28.8. The van der Waals surface area contributed by atoms with Crippen molar-refractivity contribution < 1.29 is 18.0 Å². The lowest BCUT2D eigenvalue weighted by Gasteiger charge is -2.32. The first-order valence-corrected chi connectivity index (χ1v) is 15.8. The lowest BCUT2D eigenvalue weighted by atomic mass is 10.1. The van der Waals surface area contributed by atoms with Crippen LogP contribution >= 0.6 is 27.5 Å². The first-order valence-electron chi connectivity index (χ1n) is 13.2. The van der Waals surface area contributed by atoms with E-state index in [-0.39, 0.29) is 23.4 Å². The number of rotatable bonds is 10. The molecule has 1 atom stereocenters. The van der Waals surface area contributed by atoms with Crippen molar-refractivity contribution in [3.05, 3.63) is 93.4 Å². The highest BCUT2D eigenvalue weighted by atomic mass is 79.9. The molecule has 3 aromatic carbocycles. The number of carbonyl (C=O) groups excluding carboxylic acids is 2. The molecule has 3 aromatic rings. The Labute approximate surface area is 249 Å². The van der Waals surface area contributed by atoms with Gasteiger partial charge in [-0.25, -0.2) is 8.42 Å². The lowest BCUT2D eigenvalue weighted by molar-refractivity contribution is -0.139. The van der Waals surface area contributed by atoms with E-state index in [0.29, 0.717) is 10.7 Å². The first-order chi connectivity index (χ1) is 19.0. The molecule has 40 heavy (non-hydrogen) atoms. The van der Waals surface area contributed by atoms with Gasteiger partial charge >= 0.3 is 0 Å². The molecule has 2 amide bonds. The minimum Gasteiger partial charge on any atom is -0.352 e. The lowest BCUT2D eigenvalue weighted by Crippen LogP contribution is -2.52. The highest BCUT2D eigenvalue weighted by molar-refractivity contribution is 9.10. The molecule has 4 rings (SSSR count). The fraction of sp³-hybridized carbons (Fsp3) is 0.333. The van der Waals surface area contributed by atoms with Crippen LogP contribution in [0.2, 0.25) is 5.02 Å². The van der Waals surface area contributed by atoms with Crippen molar-refractivity contribution in [2.75, 3.05) is 10.8 Å². The van der Waals surface area contributed by atoms with Crippen LogP contribution in [0, 0.1) is 6.92 Å². The monoisotopic (exact) mass is 645 g/mol. The predicted octanol–water partition coefficient (Wildman–Crippen LogP) is 6.08. The maximum Gasteiger partial charge on any atom is 0.264 e. The summed E-state index contributed by atoms with van der Waals surface area (Å²) >= 11 is 9.47. The molecule has 0 radical (unpaired) electrons. The van der Waals surface area contributed by atoms with Crippen LogP contribution in [0.25, 0.3) is 0 Å². The average Bonchev–Trinajstić information content (AvgIpc) is 3.44. The molecular formula is C30H33BrClN3O4S. The van der Waals surface area contributed by atoms with Crippen LogP contribution in [0.1, 0.15) is 43.7 Å². The number of anilines is 1. The number of hydrogen-bond donors (Lipinski definition) is 1. The Kier molecular flexibility index (Phi) is 9.92. The first kappa shape index (κ1) is 30.1. The van der Waals surface area contributed by atoms with Gasteiger partial charge in [0.1, 0.15) is 12.6 Å². The number of carbonyl (C=O) groups is 2. The van der Waals surface area contributed by atoms with Crippen LogP contribution in [-0.2, 0) is 26.2 Å². The molecule has 1 N–H and O–H groups in total. The molecule has 0 unspecified atom stereocenters. The summed E-state index contributed by atoms with van der Waals surface area (Å²) in [6.45, 7) is 3.24. The summed E-state index contributed by atoms with van der Waals surface area (Å²) in [5.41, 5.74) is 2.11. The molecule has 0 spiro atoms. The van der Waals surface area contributed by atoms with Crippen molar-refractivity contribution >= 4 is 55.1 Å². The zero-order chi connectivity index (χ0) is 28.9. The van der Waals surface area contributed by atoms with Crippen LogP contribution in [0.15, 0.2) is 82.2 Å². The maximum absolute atomic E-state index is 14.0. The molecule has 0 bridgehead atoms. The third-order valence-electron chi connectivity index (χ3n) is 7.11. The average molecular weight is 647 g/mol. The zero-order valence-electron chi connectivity index (χ0n) is 22.5. The van der Waals surface area contributed by atoms with Crippen molar-refractivity contribution in [2.45, 2.75) is 63.1 Å². The number of nitrogens with zero attached hydrogens (tertiary/aromatic N) is 2. The van der Waals surface area contributed by atoms with E-state index in [0.717, 1.165) is 45.6 Å². The largest absolute Gasteiger partial charge is 0.352 e. The van der Waals surface area contributed by atoms with Crippen molar-refractivity contribution in [3.63, 3.8) is 0 Å². The van der Waals surface area contributed by atoms with E-state index in [2.05, 4.69) is 21.2 Å². The molecule has 1 fully saturated rings. The quantitative estimate of drug-likeness (QED) is 0.289. The molecule has 0 aromatic heterocycles. The number of sulfonamides is 1. The van der Waals surface area contributed by atoms with Gasteiger partial charge < -0.3 is 10.2 Å². The minimum absolute atomic E-state index is 0.0100. The maximum atomic E-state index is 14.0. The zero-order valence-corrected chi connectivity index (χ0v) is 25.7. The van der Waals surface area contributed by atoms with E-state index < -0.39 is 28.5 Å². The van der Waals surface area contributed by atoms with Gasteiger partial charge in [0.25, 0.3) is 10.0 Å². The number of amides is 2. The highest BCUT2D eigenvalue weighted by Gasteiger charge is 2.33. The third-order valence-corrected chi connectivity index (χ3v) is 9.65. The SMILES string of the molecule is Cc1ccc(N(CC(=O)N(Cc2cccc(Br)c2)[C@@H](C)C(=O)NC2CCCC2)S(=O)(=O)c2ccc(Cl)cc2)cc1. The Balaban J connectivity index is 1.68. The summed E-state index contributed by atoms with van der Waals surface area (Å²) in [6.07, 6.45) is 3.96. The van der Waals surface area contributed by atoms with E-state index in [1.165, 1.54) is 29.2 Å². The number of benzene rings is 3. The van der Waals surface area contributed by atoms with Crippen molar-refractivity contribution in [1.29, 1.82) is 0 Å². The molecule has 1 saturated carbocycles. The van der Waals surface area contributed by atoms with Crippen LogP contribution < -0.4 is 9.62 Å². The Morgan fingerprint density at radius 3 is 2.30 bits per heavy atom. The summed E-state index contributed by atoms with van der Waals surface area (Å²) < 4.78 is 29.6. The van der Waals surface area contributed by atoms with Gasteiger partial charge in [0.2, 0.25) is 11.8 Å². The van der Waals surface area contributed by atoms with Gasteiger partial charge in [0.05, 0.1) is 10.6 Å². The molecule has 10 heteroatoms. The molecule has 7 nitrogen and oxygen atoms in total. The van der Waals surface area contributed by atoms with Gasteiger partial charge in [-0.3, -0.25) is 13.9 Å². The van der Waals surface area contributed by atoms with Gasteiger partial charge in [-0.1, -0.05) is 70.2 Å². The van der Waals surface area contributed by atoms with Crippen LogP contribution in [0.5, 0.6) is 0 Å². The van der Waals surface area contributed by atoms with Crippen molar-refractivity contribution in [3.8, 4) is 0 Å². The van der Waals surface area contributed by atoms with E-state index >= 15 is 0 Å². The topological polar surface area (TPSA) is 86.8 Å². The Hall–Kier alpha value is -2.88. The second-order valence-corrected chi connectivity index (χ2v) is 13.3. The number of halogens is 2. The van der Waals surface area contributed by atoms with Crippen LogP contribution in [-0.4, -0.2) is 43.8 Å². The smallest absolute Gasteiger partial charge is 0.264 e. The van der Waals surface area contributed by atoms with Crippen molar-refractivity contribution in [1.82, 2.24) is 10.2 Å². The van der Waals surface area contributed by atoms with Gasteiger partial charge in [-0.15, -0.1) is 0 Å². The summed E-state index contributed by atoms with van der Waals surface area (Å²) in [6, 6.07) is 19.5. The molecule has 1 aliphatic carbocycles. The summed E-state index contributed by atoms with van der Waals surface area (Å²) in [5.74, 6) is -0.746.